The summed E-state index contributed by atoms with van der Waals surface area (Å²) in [5, 5.41) is 2.93. The highest BCUT2D eigenvalue weighted by atomic mass is 79.9. The third-order valence-electron chi connectivity index (χ3n) is 3.78. The van der Waals surface area contributed by atoms with Crippen LogP contribution in [-0.4, -0.2) is 33.1 Å². The fourth-order valence-electron chi connectivity index (χ4n) is 2.39. The van der Waals surface area contributed by atoms with E-state index in [-0.39, 0.29) is 18.3 Å². The molecule has 0 saturated carbocycles. The number of esters is 1. The van der Waals surface area contributed by atoms with Gasteiger partial charge in [-0.25, -0.2) is 0 Å². The summed E-state index contributed by atoms with van der Waals surface area (Å²) in [6.07, 6.45) is 0.0616. The number of rotatable bonds is 6. The molecule has 5 nitrogen and oxygen atoms in total. The van der Waals surface area contributed by atoms with Crippen LogP contribution in [0.2, 0.25) is 0 Å². The van der Waals surface area contributed by atoms with E-state index in [0.29, 0.717) is 5.56 Å². The van der Waals surface area contributed by atoms with Crippen molar-refractivity contribution in [3.8, 4) is 0 Å². The highest BCUT2D eigenvalue weighted by molar-refractivity contribution is 9.10. The first-order valence-electron chi connectivity index (χ1n) is 7.81. The third-order valence-corrected chi connectivity index (χ3v) is 4.27. The number of methoxy groups -OCH3 is 1. The average molecular weight is 405 g/mol. The number of amides is 1. The van der Waals surface area contributed by atoms with Gasteiger partial charge in [0.05, 0.1) is 19.6 Å². The summed E-state index contributed by atoms with van der Waals surface area (Å²) in [4.78, 5) is 26.3. The number of halogens is 1. The van der Waals surface area contributed by atoms with Crippen LogP contribution in [0.15, 0.2) is 53.0 Å². The first-order valence-corrected chi connectivity index (χ1v) is 8.60. The highest BCUT2D eigenvalue weighted by Gasteiger charge is 2.20. The van der Waals surface area contributed by atoms with Crippen LogP contribution < -0.4 is 10.2 Å². The molecule has 0 bridgehead atoms. The van der Waals surface area contributed by atoms with Gasteiger partial charge in [-0.1, -0.05) is 34.1 Å². The zero-order chi connectivity index (χ0) is 18.4. The second-order valence-corrected chi connectivity index (χ2v) is 6.72. The molecule has 0 fully saturated rings. The van der Waals surface area contributed by atoms with Crippen LogP contribution in [0.4, 0.5) is 5.69 Å². The first-order chi connectivity index (χ1) is 11.9. The molecule has 2 aromatic rings. The molecule has 0 saturated heterocycles. The van der Waals surface area contributed by atoms with Gasteiger partial charge in [0, 0.05) is 29.8 Å². The smallest absolute Gasteiger partial charge is 0.307 e. The number of carbonyl (C=O) groups is 2. The van der Waals surface area contributed by atoms with Gasteiger partial charge >= 0.3 is 5.97 Å². The number of nitrogens with zero attached hydrogens (tertiary/aromatic N) is 1. The Hall–Kier alpha value is -2.34. The first kappa shape index (κ1) is 19.0. The van der Waals surface area contributed by atoms with Gasteiger partial charge in [-0.05, 0) is 35.9 Å². The van der Waals surface area contributed by atoms with Crippen molar-refractivity contribution in [2.24, 2.45) is 0 Å². The fraction of sp³-hybridized carbons (Fsp3) is 0.263. The van der Waals surface area contributed by atoms with E-state index in [2.05, 4.69) is 21.2 Å². The summed E-state index contributed by atoms with van der Waals surface area (Å²) in [5.74, 6) is -0.620. The molecule has 132 valence electrons. The van der Waals surface area contributed by atoms with Crippen LogP contribution in [0.5, 0.6) is 0 Å². The zero-order valence-corrected chi connectivity index (χ0v) is 16.0. The molecule has 1 N–H and O–H groups in total. The quantitative estimate of drug-likeness (QED) is 0.747. The second kappa shape index (κ2) is 8.67. The predicted octanol–water partition coefficient (Wildman–Crippen LogP) is 3.55. The summed E-state index contributed by atoms with van der Waals surface area (Å²) in [6, 6.07) is 14.3. The summed E-state index contributed by atoms with van der Waals surface area (Å²) in [6.45, 7) is 0. The molecular weight excluding hydrogens is 384 g/mol. The minimum atomic E-state index is -0.472. The lowest BCUT2D eigenvalue weighted by Gasteiger charge is -2.19. The van der Waals surface area contributed by atoms with Crippen LogP contribution in [0.1, 0.15) is 28.4 Å². The van der Waals surface area contributed by atoms with E-state index in [1.54, 1.807) is 6.07 Å². The maximum Gasteiger partial charge on any atom is 0.307 e. The van der Waals surface area contributed by atoms with E-state index in [0.717, 1.165) is 15.7 Å². The summed E-state index contributed by atoms with van der Waals surface area (Å²) < 4.78 is 5.64. The summed E-state index contributed by atoms with van der Waals surface area (Å²) in [5.41, 5.74) is 2.30. The van der Waals surface area contributed by atoms with Crippen molar-refractivity contribution in [1.82, 2.24) is 5.32 Å². The number of nitrogens with one attached hydrogen (secondary N) is 1. The third kappa shape index (κ3) is 5.32. The minimum absolute atomic E-state index is 0.0616. The monoisotopic (exact) mass is 404 g/mol. The van der Waals surface area contributed by atoms with Gasteiger partial charge in [-0.3, -0.25) is 9.59 Å². The van der Waals surface area contributed by atoms with E-state index in [4.69, 9.17) is 4.74 Å². The Morgan fingerprint density at radius 3 is 2.52 bits per heavy atom. The highest BCUT2D eigenvalue weighted by Crippen LogP contribution is 2.22. The Labute approximate surface area is 156 Å². The molecule has 1 atom stereocenters. The number of carbonyl (C=O) groups excluding carboxylic acids is 2. The maximum absolute atomic E-state index is 12.7. The van der Waals surface area contributed by atoms with Gasteiger partial charge in [-0.15, -0.1) is 0 Å². The molecule has 2 aromatic carbocycles. The molecule has 0 aliphatic carbocycles. The molecule has 0 heterocycles. The van der Waals surface area contributed by atoms with Gasteiger partial charge in [0.25, 0.3) is 5.91 Å². The van der Waals surface area contributed by atoms with Gasteiger partial charge in [0.2, 0.25) is 0 Å². The molecule has 0 radical (unpaired) electrons. The van der Waals surface area contributed by atoms with E-state index < -0.39 is 6.04 Å². The number of ether oxygens (including phenoxy) is 1. The minimum Gasteiger partial charge on any atom is -0.469 e. The Bertz CT molecular complexity index is 762. The maximum atomic E-state index is 12.7. The number of anilines is 1. The SMILES string of the molecule is COC(=O)CC(NC(=O)c1cccc(N(C)C)c1)c1cccc(Br)c1. The Morgan fingerprint density at radius 1 is 1.16 bits per heavy atom. The van der Waals surface area contributed by atoms with Crippen molar-refractivity contribution in [3.05, 3.63) is 64.1 Å². The van der Waals surface area contributed by atoms with Gasteiger partial charge in [0.1, 0.15) is 0 Å². The van der Waals surface area contributed by atoms with Gasteiger partial charge < -0.3 is 15.0 Å². The van der Waals surface area contributed by atoms with E-state index in [9.17, 15) is 9.59 Å². The van der Waals surface area contributed by atoms with E-state index in [1.165, 1.54) is 7.11 Å². The molecule has 0 aliphatic heterocycles. The lowest BCUT2D eigenvalue weighted by molar-refractivity contribution is -0.141. The van der Waals surface area contributed by atoms with Gasteiger partial charge in [-0.2, -0.15) is 0 Å². The molecule has 1 amide bonds. The molecule has 0 aliphatic rings. The molecule has 1 unspecified atom stereocenters. The Kier molecular flexibility index (Phi) is 6.58. The van der Waals surface area contributed by atoms with Crippen molar-refractivity contribution in [3.63, 3.8) is 0 Å². The van der Waals surface area contributed by atoms with Crippen molar-refractivity contribution < 1.29 is 14.3 Å². The van der Waals surface area contributed by atoms with E-state index >= 15 is 0 Å². The Balaban J connectivity index is 2.25. The topological polar surface area (TPSA) is 58.6 Å². The molecule has 0 spiro atoms. The lowest BCUT2D eigenvalue weighted by Crippen LogP contribution is -2.30. The van der Waals surface area contributed by atoms with Crippen LogP contribution in [0.3, 0.4) is 0 Å². The van der Waals surface area contributed by atoms with Crippen molar-refractivity contribution in [1.29, 1.82) is 0 Å². The fourth-order valence-corrected chi connectivity index (χ4v) is 2.81. The van der Waals surface area contributed by atoms with Crippen LogP contribution >= 0.6 is 15.9 Å². The Morgan fingerprint density at radius 2 is 1.88 bits per heavy atom. The van der Waals surface area contributed by atoms with Crippen LogP contribution in [0, 0.1) is 0 Å². The standard InChI is InChI=1S/C19H21BrN2O3/c1-22(2)16-9-5-7-14(11-16)19(24)21-17(12-18(23)25-3)13-6-4-8-15(20)10-13/h4-11,17H,12H2,1-3H3,(H,21,24). The van der Waals surface area contributed by atoms with Crippen LogP contribution in [-0.2, 0) is 9.53 Å². The zero-order valence-electron chi connectivity index (χ0n) is 14.5. The number of benzene rings is 2. The molecule has 6 heteroatoms. The van der Waals surface area contributed by atoms with Crippen molar-refractivity contribution in [2.75, 3.05) is 26.1 Å². The van der Waals surface area contributed by atoms with Crippen molar-refractivity contribution in [2.45, 2.75) is 12.5 Å². The predicted molar refractivity (Wildman–Crippen MR) is 102 cm³/mol. The average Bonchev–Trinajstić information content (AvgIpc) is 2.61. The number of hydrogen-bond acceptors (Lipinski definition) is 4. The molecular formula is C19H21BrN2O3. The number of hydrogen-bond donors (Lipinski definition) is 1. The molecule has 2 rings (SSSR count). The lowest BCUT2D eigenvalue weighted by atomic mass is 10.0. The molecule has 0 aromatic heterocycles. The molecule has 25 heavy (non-hydrogen) atoms. The van der Waals surface area contributed by atoms with Gasteiger partial charge in [0.15, 0.2) is 0 Å². The van der Waals surface area contributed by atoms with E-state index in [1.807, 2.05) is 61.5 Å². The van der Waals surface area contributed by atoms with Crippen LogP contribution in [0.25, 0.3) is 0 Å². The normalized spacial score (nSPS) is 11.5. The second-order valence-electron chi connectivity index (χ2n) is 5.81. The summed E-state index contributed by atoms with van der Waals surface area (Å²) >= 11 is 3.42. The summed E-state index contributed by atoms with van der Waals surface area (Å²) in [7, 11) is 5.17. The van der Waals surface area contributed by atoms with Crippen molar-refractivity contribution >= 4 is 33.5 Å². The largest absolute Gasteiger partial charge is 0.469 e.